The molecule has 0 amide bonds. The van der Waals surface area contributed by atoms with Gasteiger partial charge in [0.15, 0.2) is 6.10 Å². The van der Waals surface area contributed by atoms with Gasteiger partial charge in [-0.2, -0.15) is 0 Å². The number of hydrogen-bond acceptors (Lipinski definition) is 4. The highest BCUT2D eigenvalue weighted by Gasteiger charge is 2.38. The second-order valence-electron chi connectivity index (χ2n) is 4.17. The van der Waals surface area contributed by atoms with Gasteiger partial charge >= 0.3 is 5.97 Å². The van der Waals surface area contributed by atoms with Crippen LogP contribution in [0.15, 0.2) is 28.0 Å². The molecule has 5 nitrogen and oxygen atoms in total. The van der Waals surface area contributed by atoms with Gasteiger partial charge in [0.1, 0.15) is 0 Å². The third-order valence-corrected chi connectivity index (χ3v) is 5.17. The monoisotopic (exact) mass is 268 g/mol. The number of aliphatic carboxylic acids is 1. The Balaban J connectivity index is 2.82. The zero-order valence-electron chi connectivity index (χ0n) is 9.84. The average molecular weight is 268 g/mol. The lowest BCUT2D eigenvalue weighted by molar-refractivity contribution is -0.143. The number of rotatable bonds is 2. The molecule has 1 aromatic rings. The van der Waals surface area contributed by atoms with Crippen LogP contribution in [0.1, 0.15) is 18.1 Å². The number of fused-ring (bicyclic) bond motifs is 1. The van der Waals surface area contributed by atoms with E-state index in [1.807, 2.05) is 0 Å². The minimum Gasteiger partial charge on any atom is -0.479 e. The molecule has 1 heterocycles. The Labute approximate surface area is 104 Å². The molecular weight excluding hydrogens is 256 g/mol. The molecule has 0 radical (unpaired) electrons. The van der Waals surface area contributed by atoms with Gasteiger partial charge in [0, 0.05) is 11.1 Å². The molecule has 1 aliphatic rings. The van der Waals surface area contributed by atoms with Crippen LogP contribution in [0, 0.1) is 6.92 Å². The average Bonchev–Trinajstić information content (AvgIpc) is 2.47. The number of hydrogen-bond donors (Lipinski definition) is 2. The molecule has 0 fully saturated rings. The van der Waals surface area contributed by atoms with Crippen LogP contribution in [0.3, 0.4) is 0 Å². The van der Waals surface area contributed by atoms with Crippen molar-refractivity contribution in [3.63, 3.8) is 0 Å². The second-order valence-corrected chi connectivity index (χ2v) is 6.19. The Morgan fingerprint density at radius 1 is 1.28 bits per heavy atom. The third kappa shape index (κ3) is 1.57. The molecule has 0 saturated heterocycles. The van der Waals surface area contributed by atoms with Crippen molar-refractivity contribution in [2.75, 3.05) is 0 Å². The Bertz CT molecular complexity index is 670. The van der Waals surface area contributed by atoms with E-state index >= 15 is 0 Å². The first kappa shape index (κ1) is 12.8. The Morgan fingerprint density at radius 3 is 2.44 bits per heavy atom. The molecule has 18 heavy (non-hydrogen) atoms. The maximum absolute atomic E-state index is 12.2. The van der Waals surface area contributed by atoms with Crippen LogP contribution in [0.5, 0.6) is 0 Å². The number of aliphatic hydroxyl groups excluding tert-OH is 1. The number of sulfone groups is 1. The number of carboxylic acids is 1. The smallest absolute Gasteiger partial charge is 0.337 e. The molecule has 1 aliphatic heterocycles. The fourth-order valence-corrected chi connectivity index (χ4v) is 3.95. The summed E-state index contributed by atoms with van der Waals surface area (Å²) in [5, 5.41) is 18.5. The SMILES string of the molecule is CC1=C(C(O)C(=O)O)c2cccc(C)c2S1(=O)=O. The number of carboxylic acid groups (broad SMARTS) is 1. The normalized spacial score (nSPS) is 18.6. The van der Waals surface area contributed by atoms with E-state index in [2.05, 4.69) is 0 Å². The second kappa shape index (κ2) is 3.93. The fourth-order valence-electron chi connectivity index (χ4n) is 2.17. The minimum absolute atomic E-state index is 0.0406. The zero-order valence-corrected chi connectivity index (χ0v) is 10.7. The van der Waals surface area contributed by atoms with Gasteiger partial charge in [-0.15, -0.1) is 0 Å². The quantitative estimate of drug-likeness (QED) is 0.833. The predicted octanol–water partition coefficient (Wildman–Crippen LogP) is 0.959. The van der Waals surface area contributed by atoms with E-state index in [9.17, 15) is 18.3 Å². The van der Waals surface area contributed by atoms with Gasteiger partial charge in [-0.1, -0.05) is 18.2 Å². The van der Waals surface area contributed by atoms with Gasteiger partial charge in [-0.3, -0.25) is 0 Å². The van der Waals surface area contributed by atoms with E-state index in [0.717, 1.165) is 0 Å². The van der Waals surface area contributed by atoms with Crippen molar-refractivity contribution in [3.05, 3.63) is 34.2 Å². The van der Waals surface area contributed by atoms with Crippen LogP contribution in [0.25, 0.3) is 5.57 Å². The highest BCUT2D eigenvalue weighted by Crippen LogP contribution is 2.42. The van der Waals surface area contributed by atoms with Crippen molar-refractivity contribution in [2.45, 2.75) is 24.8 Å². The van der Waals surface area contributed by atoms with Gasteiger partial charge in [0.2, 0.25) is 9.84 Å². The highest BCUT2D eigenvalue weighted by molar-refractivity contribution is 7.96. The van der Waals surface area contributed by atoms with Crippen LogP contribution >= 0.6 is 0 Å². The first-order valence-electron chi connectivity index (χ1n) is 5.25. The summed E-state index contributed by atoms with van der Waals surface area (Å²) in [6, 6.07) is 4.79. The molecule has 1 unspecified atom stereocenters. The van der Waals surface area contributed by atoms with Crippen LogP contribution < -0.4 is 0 Å². The molecule has 1 atom stereocenters. The van der Waals surface area contributed by atoms with E-state index in [0.29, 0.717) is 5.56 Å². The molecule has 2 N–H and O–H groups in total. The Morgan fingerprint density at radius 2 is 1.89 bits per heavy atom. The van der Waals surface area contributed by atoms with Crippen molar-refractivity contribution in [1.29, 1.82) is 0 Å². The lowest BCUT2D eigenvalue weighted by atomic mass is 9.99. The summed E-state index contributed by atoms with van der Waals surface area (Å²) >= 11 is 0. The van der Waals surface area contributed by atoms with Gasteiger partial charge in [-0.05, 0) is 19.4 Å². The number of aryl methyl sites for hydroxylation is 1. The fraction of sp³-hybridized carbons (Fsp3) is 0.250. The standard InChI is InChI=1S/C12H12O5S/c1-6-4-3-5-8-9(10(13)12(14)15)7(2)18(16,17)11(6)8/h3-5,10,13H,1-2H3,(H,14,15). The number of aliphatic hydroxyl groups is 1. The molecule has 0 saturated carbocycles. The summed E-state index contributed by atoms with van der Waals surface area (Å²) in [5.41, 5.74) is 0.781. The summed E-state index contributed by atoms with van der Waals surface area (Å²) in [7, 11) is -3.69. The molecule has 1 aromatic carbocycles. The van der Waals surface area contributed by atoms with E-state index in [1.54, 1.807) is 19.1 Å². The molecule has 6 heteroatoms. The zero-order chi connectivity index (χ0) is 13.7. The largest absolute Gasteiger partial charge is 0.479 e. The molecular formula is C12H12O5S. The molecule has 0 bridgehead atoms. The minimum atomic E-state index is -3.69. The van der Waals surface area contributed by atoms with E-state index in [-0.39, 0.29) is 20.9 Å². The summed E-state index contributed by atoms with van der Waals surface area (Å²) in [4.78, 5) is 10.9. The van der Waals surface area contributed by atoms with Crippen LogP contribution in [-0.2, 0) is 14.6 Å². The molecule has 0 aromatic heterocycles. The molecule has 96 valence electrons. The van der Waals surface area contributed by atoms with E-state index < -0.39 is 21.9 Å². The van der Waals surface area contributed by atoms with Gasteiger partial charge in [0.05, 0.1) is 9.80 Å². The first-order valence-corrected chi connectivity index (χ1v) is 6.73. The summed E-state index contributed by atoms with van der Waals surface area (Å²) in [6.45, 7) is 2.95. The van der Waals surface area contributed by atoms with E-state index in [1.165, 1.54) is 13.0 Å². The van der Waals surface area contributed by atoms with Crippen LogP contribution in [0.2, 0.25) is 0 Å². The molecule has 2 rings (SSSR count). The van der Waals surface area contributed by atoms with Crippen molar-refractivity contribution < 1.29 is 23.4 Å². The van der Waals surface area contributed by atoms with Gasteiger partial charge < -0.3 is 10.2 Å². The number of allylic oxidation sites excluding steroid dienone is 1. The highest BCUT2D eigenvalue weighted by atomic mass is 32.2. The predicted molar refractivity (Wildman–Crippen MR) is 64.6 cm³/mol. The molecule has 0 aliphatic carbocycles. The topological polar surface area (TPSA) is 91.7 Å². The molecule has 0 spiro atoms. The summed E-state index contributed by atoms with van der Waals surface area (Å²) in [6.07, 6.45) is -1.83. The first-order chi connectivity index (χ1) is 8.28. The Kier molecular flexibility index (Phi) is 2.79. The van der Waals surface area contributed by atoms with Crippen LogP contribution in [0.4, 0.5) is 0 Å². The number of benzene rings is 1. The van der Waals surface area contributed by atoms with Gasteiger partial charge in [0.25, 0.3) is 0 Å². The van der Waals surface area contributed by atoms with E-state index in [4.69, 9.17) is 5.11 Å². The van der Waals surface area contributed by atoms with Crippen molar-refractivity contribution in [3.8, 4) is 0 Å². The lowest BCUT2D eigenvalue weighted by Gasteiger charge is -2.09. The summed E-state index contributed by atoms with van der Waals surface area (Å²) < 4.78 is 24.4. The summed E-state index contributed by atoms with van der Waals surface area (Å²) in [5.74, 6) is -1.46. The van der Waals surface area contributed by atoms with Crippen molar-refractivity contribution in [2.24, 2.45) is 0 Å². The Hall–Kier alpha value is -1.66. The lowest BCUT2D eigenvalue weighted by Crippen LogP contribution is -2.21. The van der Waals surface area contributed by atoms with Crippen molar-refractivity contribution >= 4 is 21.4 Å². The number of carbonyl (C=O) groups is 1. The third-order valence-electron chi connectivity index (χ3n) is 3.06. The van der Waals surface area contributed by atoms with Crippen LogP contribution in [-0.4, -0.2) is 30.7 Å². The van der Waals surface area contributed by atoms with Gasteiger partial charge in [-0.25, -0.2) is 13.2 Å². The van der Waals surface area contributed by atoms with Crippen molar-refractivity contribution in [1.82, 2.24) is 0 Å². The maximum Gasteiger partial charge on any atom is 0.337 e. The maximum atomic E-state index is 12.2.